The van der Waals surface area contributed by atoms with Crippen molar-refractivity contribution in [2.24, 2.45) is 0 Å². The quantitative estimate of drug-likeness (QED) is 0.558. The van der Waals surface area contributed by atoms with Gasteiger partial charge in [0.05, 0.1) is 6.20 Å². The first-order valence-electron chi connectivity index (χ1n) is 4.79. The summed E-state index contributed by atoms with van der Waals surface area (Å²) in [5.41, 5.74) is -0.510. The molecule has 0 radical (unpaired) electrons. The maximum Gasteiger partial charge on any atom is 0.340 e. The molecule has 9 nitrogen and oxygen atoms in total. The Balaban J connectivity index is 2.41. The Bertz CT molecular complexity index is 755. The lowest BCUT2D eigenvalue weighted by Crippen LogP contribution is -2.17. The van der Waals surface area contributed by atoms with Crippen LogP contribution in [-0.2, 0) is 10.0 Å². The fourth-order valence-electron chi connectivity index (χ4n) is 1.26. The summed E-state index contributed by atoms with van der Waals surface area (Å²) < 4.78 is 26.1. The lowest BCUT2D eigenvalue weighted by molar-refractivity contribution is 0.0692. The van der Waals surface area contributed by atoms with Crippen molar-refractivity contribution in [1.82, 2.24) is 20.2 Å². The van der Waals surface area contributed by atoms with Gasteiger partial charge in [0.2, 0.25) is 5.28 Å². The highest BCUT2D eigenvalue weighted by molar-refractivity contribution is 7.92. The van der Waals surface area contributed by atoms with E-state index in [1.54, 1.807) is 0 Å². The summed E-state index contributed by atoms with van der Waals surface area (Å²) in [4.78, 5) is 18.0. The normalized spacial score (nSPS) is 11.3. The molecule has 0 saturated heterocycles. The number of halogens is 2. The topological polar surface area (TPSA) is 138 Å². The van der Waals surface area contributed by atoms with Gasteiger partial charge in [0.25, 0.3) is 10.0 Å². The minimum atomic E-state index is -4.24. The highest BCUT2D eigenvalue weighted by Crippen LogP contribution is 2.19. The molecule has 0 unspecified atom stereocenters. The molecule has 2 aromatic heterocycles. The molecule has 0 bridgehead atoms. The smallest absolute Gasteiger partial charge is 0.340 e. The van der Waals surface area contributed by atoms with Gasteiger partial charge in [-0.1, -0.05) is 11.6 Å². The Kier molecular flexibility index (Phi) is 3.79. The van der Waals surface area contributed by atoms with Crippen LogP contribution >= 0.6 is 23.2 Å². The second-order valence-corrected chi connectivity index (χ2v) is 5.71. The number of nitrogens with zero attached hydrogens (tertiary/aromatic N) is 3. The minimum absolute atomic E-state index is 0.0780. The number of H-pyrrole nitrogens is 1. The summed E-state index contributed by atoms with van der Waals surface area (Å²) in [7, 11) is -4.24. The molecule has 0 aliphatic carbocycles. The largest absolute Gasteiger partial charge is 0.478 e. The lowest BCUT2D eigenvalue weighted by Gasteiger charge is -2.06. The number of anilines is 1. The molecule has 0 aliphatic heterocycles. The van der Waals surface area contributed by atoms with E-state index in [-0.39, 0.29) is 16.3 Å². The van der Waals surface area contributed by atoms with Crippen molar-refractivity contribution < 1.29 is 18.3 Å². The standard InChI is InChI=1S/C8H5Cl2N5O4S/c9-4-1-5(13-8(10)12-4)15-20(18,19)6-3(7(16)17)2-11-14-6/h1-2H,(H,11,14)(H,16,17)(H,12,13,15). The predicted molar refractivity (Wildman–Crippen MR) is 68.4 cm³/mol. The molecule has 12 heteroatoms. The Labute approximate surface area is 122 Å². The molecular formula is C8H5Cl2N5O4S. The number of aromatic nitrogens is 4. The maximum atomic E-state index is 12.0. The molecule has 0 spiro atoms. The first kappa shape index (κ1) is 14.5. The molecule has 0 fully saturated rings. The Morgan fingerprint density at radius 2 is 2.05 bits per heavy atom. The molecule has 2 aromatic rings. The van der Waals surface area contributed by atoms with E-state index < -0.39 is 26.6 Å². The van der Waals surface area contributed by atoms with Gasteiger partial charge in [-0.2, -0.15) is 18.5 Å². The lowest BCUT2D eigenvalue weighted by atomic mass is 10.4. The number of aromatic amines is 1. The second kappa shape index (κ2) is 5.23. The van der Waals surface area contributed by atoms with Crippen LogP contribution in [0, 0.1) is 0 Å². The molecule has 0 aromatic carbocycles. The average molecular weight is 338 g/mol. The van der Waals surface area contributed by atoms with Gasteiger partial charge >= 0.3 is 5.97 Å². The molecule has 0 aliphatic rings. The molecule has 0 amide bonds. The number of rotatable bonds is 4. The van der Waals surface area contributed by atoms with Crippen LogP contribution in [0.15, 0.2) is 17.3 Å². The van der Waals surface area contributed by atoms with Crippen LogP contribution in [0.4, 0.5) is 5.82 Å². The third-order valence-corrected chi connectivity index (χ3v) is 3.70. The van der Waals surface area contributed by atoms with Crippen LogP contribution in [0.3, 0.4) is 0 Å². The minimum Gasteiger partial charge on any atom is -0.478 e. The van der Waals surface area contributed by atoms with E-state index >= 15 is 0 Å². The molecule has 2 heterocycles. The van der Waals surface area contributed by atoms with E-state index in [0.29, 0.717) is 0 Å². The summed E-state index contributed by atoms with van der Waals surface area (Å²) >= 11 is 11.1. The van der Waals surface area contributed by atoms with Gasteiger partial charge in [-0.25, -0.2) is 9.78 Å². The van der Waals surface area contributed by atoms with Crippen LogP contribution in [0.5, 0.6) is 0 Å². The monoisotopic (exact) mass is 337 g/mol. The highest BCUT2D eigenvalue weighted by atomic mass is 35.5. The zero-order valence-corrected chi connectivity index (χ0v) is 11.7. The average Bonchev–Trinajstić information content (AvgIpc) is 2.75. The van der Waals surface area contributed by atoms with Crippen LogP contribution in [0.1, 0.15) is 10.4 Å². The van der Waals surface area contributed by atoms with E-state index in [0.717, 1.165) is 12.3 Å². The van der Waals surface area contributed by atoms with Gasteiger partial charge in [-0.05, 0) is 11.6 Å². The summed E-state index contributed by atoms with van der Waals surface area (Å²) in [6.07, 6.45) is 0.872. The molecule has 0 saturated carbocycles. The van der Waals surface area contributed by atoms with E-state index in [1.807, 2.05) is 4.72 Å². The molecular weight excluding hydrogens is 333 g/mol. The van der Waals surface area contributed by atoms with Crippen molar-refractivity contribution in [2.75, 3.05) is 4.72 Å². The number of hydrogen-bond acceptors (Lipinski definition) is 6. The van der Waals surface area contributed by atoms with Crippen molar-refractivity contribution in [2.45, 2.75) is 5.03 Å². The van der Waals surface area contributed by atoms with Gasteiger partial charge in [0.15, 0.2) is 5.03 Å². The summed E-state index contributed by atoms with van der Waals surface area (Å²) in [6, 6.07) is 1.11. The van der Waals surface area contributed by atoms with Crippen molar-refractivity contribution in [1.29, 1.82) is 0 Å². The van der Waals surface area contributed by atoms with Gasteiger partial charge in [-0.3, -0.25) is 9.82 Å². The van der Waals surface area contributed by atoms with E-state index in [4.69, 9.17) is 28.3 Å². The van der Waals surface area contributed by atoms with Crippen LogP contribution < -0.4 is 4.72 Å². The number of hydrogen-bond donors (Lipinski definition) is 3. The predicted octanol–water partition coefficient (Wildman–Crippen LogP) is 1.01. The Hall–Kier alpha value is -1.91. The number of carboxylic acid groups (broad SMARTS) is 1. The van der Waals surface area contributed by atoms with E-state index in [9.17, 15) is 13.2 Å². The van der Waals surface area contributed by atoms with Crippen molar-refractivity contribution in [3.05, 3.63) is 28.3 Å². The number of sulfonamides is 1. The summed E-state index contributed by atoms with van der Waals surface area (Å²) in [6.45, 7) is 0. The Morgan fingerprint density at radius 3 is 2.65 bits per heavy atom. The SMILES string of the molecule is O=C(O)c1cn[nH]c1S(=O)(=O)Nc1cc(Cl)nc(Cl)n1. The summed E-state index contributed by atoms with van der Waals surface area (Å²) in [5.74, 6) is -1.65. The zero-order chi connectivity index (χ0) is 14.9. The third-order valence-electron chi connectivity index (χ3n) is 2.01. The number of nitrogens with one attached hydrogen (secondary N) is 2. The summed E-state index contributed by atoms with van der Waals surface area (Å²) in [5, 5.41) is 13.4. The van der Waals surface area contributed by atoms with Crippen molar-refractivity contribution in [3.8, 4) is 0 Å². The molecule has 2 rings (SSSR count). The first-order chi connectivity index (χ1) is 9.29. The molecule has 106 valence electrons. The fourth-order valence-corrected chi connectivity index (χ4v) is 2.76. The van der Waals surface area contributed by atoms with Gasteiger partial charge in [0.1, 0.15) is 16.5 Å². The number of carbonyl (C=O) groups is 1. The fraction of sp³-hybridized carbons (Fsp3) is 0. The van der Waals surface area contributed by atoms with Crippen molar-refractivity contribution >= 4 is 45.0 Å². The maximum absolute atomic E-state index is 12.0. The van der Waals surface area contributed by atoms with Crippen LogP contribution in [-0.4, -0.2) is 39.7 Å². The van der Waals surface area contributed by atoms with Gasteiger partial charge < -0.3 is 5.11 Å². The van der Waals surface area contributed by atoms with Crippen molar-refractivity contribution in [3.63, 3.8) is 0 Å². The van der Waals surface area contributed by atoms with Gasteiger partial charge in [-0.15, -0.1) is 0 Å². The zero-order valence-electron chi connectivity index (χ0n) is 9.33. The highest BCUT2D eigenvalue weighted by Gasteiger charge is 2.25. The third kappa shape index (κ3) is 2.98. The number of carboxylic acids is 1. The van der Waals surface area contributed by atoms with Gasteiger partial charge in [0, 0.05) is 6.07 Å². The second-order valence-electron chi connectivity index (χ2n) is 3.37. The van der Waals surface area contributed by atoms with E-state index in [1.165, 1.54) is 0 Å². The van der Waals surface area contributed by atoms with Crippen LogP contribution in [0.2, 0.25) is 10.4 Å². The molecule has 0 atom stereocenters. The van der Waals surface area contributed by atoms with Crippen LogP contribution in [0.25, 0.3) is 0 Å². The van der Waals surface area contributed by atoms with E-state index in [2.05, 4.69) is 20.2 Å². The number of aromatic carboxylic acids is 1. The molecule has 20 heavy (non-hydrogen) atoms. The molecule has 3 N–H and O–H groups in total. The first-order valence-corrected chi connectivity index (χ1v) is 7.03. The Morgan fingerprint density at radius 1 is 1.35 bits per heavy atom.